The van der Waals surface area contributed by atoms with Crippen molar-refractivity contribution in [3.05, 3.63) is 23.8 Å². The van der Waals surface area contributed by atoms with Crippen LogP contribution in [-0.4, -0.2) is 23.0 Å². The minimum atomic E-state index is 0.864. The van der Waals surface area contributed by atoms with Crippen molar-refractivity contribution in [1.29, 1.82) is 0 Å². The molecule has 0 spiro atoms. The molecule has 0 bridgehead atoms. The van der Waals surface area contributed by atoms with Gasteiger partial charge in [-0.1, -0.05) is 89.0 Å². The summed E-state index contributed by atoms with van der Waals surface area (Å²) in [5, 5.41) is 0. The second-order valence-electron chi connectivity index (χ2n) is 17.2. The van der Waals surface area contributed by atoms with Gasteiger partial charge in [0.1, 0.15) is 0 Å². The maximum Gasteiger partial charge on any atom is 0.0102 e. The second-order valence-corrected chi connectivity index (χ2v) is 17.2. The molecule has 1 nitrogen and oxygen atoms in total. The quantitative estimate of drug-likeness (QED) is 0.255. The molecule has 6 aliphatic carbocycles. The van der Waals surface area contributed by atoms with E-state index in [0.29, 0.717) is 0 Å². The van der Waals surface area contributed by atoms with Gasteiger partial charge in [0, 0.05) is 18.1 Å². The number of allylic oxidation sites excluding steroid dienone is 4. The predicted molar refractivity (Wildman–Crippen MR) is 186 cm³/mol. The van der Waals surface area contributed by atoms with E-state index in [0.717, 1.165) is 59.6 Å². The Hall–Kier alpha value is -0.560. The van der Waals surface area contributed by atoms with Crippen LogP contribution in [0.4, 0.5) is 0 Å². The first kappa shape index (κ1) is 32.4. The lowest BCUT2D eigenvalue weighted by Crippen LogP contribution is -2.52. The van der Waals surface area contributed by atoms with Gasteiger partial charge in [-0.3, -0.25) is 4.90 Å². The molecule has 0 N–H and O–H groups in total. The fourth-order valence-electron chi connectivity index (χ4n) is 11.1. The summed E-state index contributed by atoms with van der Waals surface area (Å²) in [5.41, 5.74) is 1.98. The predicted octanol–water partition coefficient (Wildman–Crippen LogP) is 12.5. The third kappa shape index (κ3) is 9.04. The maximum atomic E-state index is 3.22. The highest BCUT2D eigenvalue weighted by Crippen LogP contribution is 2.44. The fraction of sp³-hybridized carbons (Fsp3) is 0.905. The molecule has 0 aromatic rings. The van der Waals surface area contributed by atoms with E-state index in [2.05, 4.69) is 37.0 Å². The Kier molecular flexibility index (Phi) is 12.3. The van der Waals surface area contributed by atoms with Gasteiger partial charge in [-0.15, -0.1) is 0 Å². The van der Waals surface area contributed by atoms with Crippen LogP contribution in [-0.2, 0) is 0 Å². The van der Waals surface area contributed by atoms with Gasteiger partial charge >= 0.3 is 0 Å². The van der Waals surface area contributed by atoms with E-state index in [4.69, 9.17) is 0 Å². The molecule has 6 rings (SSSR count). The molecule has 6 saturated carbocycles. The molecule has 0 unspecified atom stereocenters. The van der Waals surface area contributed by atoms with Crippen molar-refractivity contribution < 1.29 is 0 Å². The van der Waals surface area contributed by atoms with E-state index < -0.39 is 0 Å². The molecule has 6 aliphatic rings. The number of rotatable bonds is 8. The molecule has 0 saturated heterocycles. The highest BCUT2D eigenvalue weighted by molar-refractivity contribution is 5.15. The van der Waals surface area contributed by atoms with Crippen LogP contribution < -0.4 is 0 Å². The van der Waals surface area contributed by atoms with Crippen molar-refractivity contribution in [1.82, 2.24) is 4.90 Å². The minimum absolute atomic E-state index is 0.864. The highest BCUT2D eigenvalue weighted by atomic mass is 15.2. The lowest BCUT2D eigenvalue weighted by atomic mass is 9.71. The lowest BCUT2D eigenvalue weighted by molar-refractivity contribution is 0.00942. The zero-order valence-corrected chi connectivity index (χ0v) is 28.8. The number of hydrogen-bond donors (Lipinski definition) is 0. The van der Waals surface area contributed by atoms with Gasteiger partial charge in [-0.2, -0.15) is 0 Å². The lowest BCUT2D eigenvalue weighted by Gasteiger charge is -2.49. The van der Waals surface area contributed by atoms with Crippen molar-refractivity contribution in [2.24, 2.45) is 41.4 Å². The van der Waals surface area contributed by atoms with Gasteiger partial charge in [0.05, 0.1) is 0 Å². The van der Waals surface area contributed by atoms with Gasteiger partial charge in [-0.25, -0.2) is 0 Å². The average Bonchev–Trinajstić information content (AvgIpc) is 3.06. The second kappa shape index (κ2) is 16.3. The van der Waals surface area contributed by atoms with Crippen molar-refractivity contribution in [2.45, 2.75) is 199 Å². The first-order chi connectivity index (χ1) is 21.1. The Labute approximate surface area is 268 Å². The first-order valence-corrected chi connectivity index (χ1v) is 20.3. The molecule has 244 valence electrons. The molecule has 0 aliphatic heterocycles. The maximum absolute atomic E-state index is 3.22. The molecule has 0 atom stereocenters. The summed E-state index contributed by atoms with van der Waals surface area (Å²) in [7, 11) is 0. The summed E-state index contributed by atoms with van der Waals surface area (Å²) in [6.07, 6.45) is 46.8. The van der Waals surface area contributed by atoms with Gasteiger partial charge in [0.2, 0.25) is 0 Å². The van der Waals surface area contributed by atoms with E-state index in [1.807, 2.05) is 5.57 Å². The molecule has 0 radical (unpaired) electrons. The number of hydrogen-bond acceptors (Lipinski definition) is 1. The summed E-state index contributed by atoms with van der Waals surface area (Å²) in [4.78, 5) is 3.22. The third-order valence-electron chi connectivity index (χ3n) is 14.0. The van der Waals surface area contributed by atoms with Gasteiger partial charge < -0.3 is 0 Å². The molecule has 43 heavy (non-hydrogen) atoms. The standard InChI is InChI=1S/C42H71N/c1-32-13-17-34(18-14-32)19-20-35-21-27-40(28-22-35)43(39-25-15-33(2)16-26-39)41-29-23-36(24-30-41)31-42(37-9-5-3-6-10-37)38-11-7-4-8-12-38/h19-20,31-41H,3-18,21-30H2,1-2H3. The van der Waals surface area contributed by atoms with Crippen LogP contribution in [0.15, 0.2) is 23.8 Å². The molecular formula is C42H71N. The summed E-state index contributed by atoms with van der Waals surface area (Å²) in [5.74, 6) is 6.45. The zero-order valence-electron chi connectivity index (χ0n) is 28.8. The average molecular weight is 590 g/mol. The van der Waals surface area contributed by atoms with Crippen LogP contribution in [0.1, 0.15) is 181 Å². The van der Waals surface area contributed by atoms with Crippen molar-refractivity contribution in [3.63, 3.8) is 0 Å². The molecule has 1 heteroatoms. The monoisotopic (exact) mass is 590 g/mol. The van der Waals surface area contributed by atoms with Crippen LogP contribution in [0.3, 0.4) is 0 Å². The Balaban J connectivity index is 1.07. The van der Waals surface area contributed by atoms with Crippen molar-refractivity contribution in [3.8, 4) is 0 Å². The summed E-state index contributed by atoms with van der Waals surface area (Å²) in [6, 6.07) is 2.63. The van der Waals surface area contributed by atoms with Crippen molar-refractivity contribution in [2.75, 3.05) is 0 Å². The molecular weight excluding hydrogens is 518 g/mol. The van der Waals surface area contributed by atoms with E-state index >= 15 is 0 Å². The van der Waals surface area contributed by atoms with Crippen LogP contribution in [0, 0.1) is 41.4 Å². The van der Waals surface area contributed by atoms with Crippen molar-refractivity contribution >= 4 is 0 Å². The zero-order chi connectivity index (χ0) is 29.4. The van der Waals surface area contributed by atoms with Crippen LogP contribution in [0.25, 0.3) is 0 Å². The minimum Gasteiger partial charge on any atom is -0.294 e. The summed E-state index contributed by atoms with van der Waals surface area (Å²) in [6.45, 7) is 4.97. The van der Waals surface area contributed by atoms with Crippen LogP contribution in [0.2, 0.25) is 0 Å². The molecule has 0 aromatic heterocycles. The largest absolute Gasteiger partial charge is 0.294 e. The Morgan fingerprint density at radius 2 is 0.744 bits per heavy atom. The van der Waals surface area contributed by atoms with E-state index in [1.54, 1.807) is 0 Å². The fourth-order valence-corrected chi connectivity index (χ4v) is 11.1. The Bertz CT molecular complexity index is 821. The molecule has 0 amide bonds. The van der Waals surface area contributed by atoms with E-state index in [1.165, 1.54) is 167 Å². The molecule has 6 fully saturated rings. The number of nitrogens with zero attached hydrogens (tertiary/aromatic N) is 1. The first-order valence-electron chi connectivity index (χ1n) is 20.3. The summed E-state index contributed by atoms with van der Waals surface area (Å²) < 4.78 is 0. The smallest absolute Gasteiger partial charge is 0.0102 e. The van der Waals surface area contributed by atoms with Gasteiger partial charge in [0.15, 0.2) is 0 Å². The van der Waals surface area contributed by atoms with Gasteiger partial charge in [0.25, 0.3) is 0 Å². The molecule has 0 heterocycles. The van der Waals surface area contributed by atoms with Crippen LogP contribution >= 0.6 is 0 Å². The SMILES string of the molecule is CC1CCC(C=CC2CCC(N(C3CCC(C)CC3)C3CCC(C=C(C4CCCCC4)C4CCCCC4)CC3)CC2)CC1. The van der Waals surface area contributed by atoms with Gasteiger partial charge in [-0.05, 0) is 157 Å². The Morgan fingerprint density at radius 1 is 0.395 bits per heavy atom. The normalized spacial score (nSPS) is 39.2. The Morgan fingerprint density at radius 3 is 1.19 bits per heavy atom. The topological polar surface area (TPSA) is 3.24 Å². The van der Waals surface area contributed by atoms with E-state index in [9.17, 15) is 0 Å². The third-order valence-corrected chi connectivity index (χ3v) is 14.0. The highest BCUT2D eigenvalue weighted by Gasteiger charge is 2.38. The van der Waals surface area contributed by atoms with Crippen LogP contribution in [0.5, 0.6) is 0 Å². The van der Waals surface area contributed by atoms with E-state index in [-0.39, 0.29) is 0 Å². The molecule has 0 aromatic carbocycles. The summed E-state index contributed by atoms with van der Waals surface area (Å²) >= 11 is 0.